The van der Waals surface area contributed by atoms with Gasteiger partial charge >= 0.3 is 0 Å². The lowest BCUT2D eigenvalue weighted by Crippen LogP contribution is -2.38. The van der Waals surface area contributed by atoms with Crippen LogP contribution in [0.3, 0.4) is 0 Å². The molecule has 3 aromatic rings. The van der Waals surface area contributed by atoms with E-state index in [4.69, 9.17) is 23.7 Å². The Morgan fingerprint density at radius 2 is 1.70 bits per heavy atom. The smallest absolute Gasteiger partial charge is 0.273 e. The van der Waals surface area contributed by atoms with Crippen LogP contribution < -0.4 is 14.2 Å². The number of amides is 1. The van der Waals surface area contributed by atoms with E-state index in [-0.39, 0.29) is 12.5 Å². The summed E-state index contributed by atoms with van der Waals surface area (Å²) in [7, 11) is 7.88. The maximum Gasteiger partial charge on any atom is 0.273 e. The summed E-state index contributed by atoms with van der Waals surface area (Å²) in [6.07, 6.45) is -0.599. The Morgan fingerprint density at radius 3 is 2.36 bits per heavy atom. The maximum absolute atomic E-state index is 13.5. The van der Waals surface area contributed by atoms with Crippen LogP contribution in [-0.4, -0.2) is 69.4 Å². The molecule has 0 saturated heterocycles. The van der Waals surface area contributed by atoms with Gasteiger partial charge in [-0.1, -0.05) is 12.1 Å². The number of hydrogen-bond acceptors (Lipinski definition) is 7. The van der Waals surface area contributed by atoms with Crippen molar-refractivity contribution in [3.05, 3.63) is 59.3 Å². The van der Waals surface area contributed by atoms with E-state index in [9.17, 15) is 4.79 Å². The maximum atomic E-state index is 13.5. The molecule has 0 saturated carbocycles. The molecule has 1 unspecified atom stereocenters. The third-order valence-corrected chi connectivity index (χ3v) is 5.81. The van der Waals surface area contributed by atoms with Gasteiger partial charge < -0.3 is 28.6 Å². The van der Waals surface area contributed by atoms with E-state index in [1.54, 1.807) is 46.5 Å². The van der Waals surface area contributed by atoms with Crippen LogP contribution >= 0.6 is 0 Å². The van der Waals surface area contributed by atoms with E-state index < -0.39 is 12.3 Å². The molecule has 9 heteroatoms. The lowest BCUT2D eigenvalue weighted by molar-refractivity contribution is -0.113. The summed E-state index contributed by atoms with van der Waals surface area (Å²) < 4.78 is 27.2. The van der Waals surface area contributed by atoms with Crippen LogP contribution in [0.5, 0.6) is 17.2 Å². The number of nitrogens with zero attached hydrogens (tertiary/aromatic N) is 2. The standard InChI is InChI=1S/C24H27N3O6/c1-29-15-8-6-7-14(11-15)21-20-22(26-25-21)24(28)27(13-19(32-4)33-5)23(20)17-10-9-16(30-2)12-18(17)31-3/h6-12,19,23H,13H2,1-5H3,(H,25,26). The topological polar surface area (TPSA) is 95.1 Å². The van der Waals surface area contributed by atoms with E-state index in [2.05, 4.69) is 10.2 Å². The first kappa shape index (κ1) is 22.6. The van der Waals surface area contributed by atoms with Gasteiger partial charge in [-0.3, -0.25) is 9.89 Å². The number of aromatic nitrogens is 2. The minimum absolute atomic E-state index is 0.200. The van der Waals surface area contributed by atoms with Gasteiger partial charge in [0.15, 0.2) is 6.29 Å². The molecule has 4 rings (SSSR count). The quantitative estimate of drug-likeness (QED) is 0.497. The molecule has 0 spiro atoms. The molecule has 9 nitrogen and oxygen atoms in total. The van der Waals surface area contributed by atoms with Gasteiger partial charge in [-0.15, -0.1) is 0 Å². The molecule has 1 N–H and O–H groups in total. The first-order valence-corrected chi connectivity index (χ1v) is 10.4. The molecule has 2 aromatic carbocycles. The summed E-state index contributed by atoms with van der Waals surface area (Å²) in [5.74, 6) is 1.74. The number of methoxy groups -OCH3 is 5. The van der Waals surface area contributed by atoms with Gasteiger partial charge in [0.05, 0.1) is 39.6 Å². The summed E-state index contributed by atoms with van der Waals surface area (Å²) in [4.78, 5) is 15.2. The fraction of sp³-hybridized carbons (Fsp3) is 0.333. The molecule has 1 amide bonds. The summed E-state index contributed by atoms with van der Waals surface area (Å²) in [5.41, 5.74) is 3.45. The van der Waals surface area contributed by atoms with Gasteiger partial charge in [-0.05, 0) is 24.3 Å². The zero-order valence-corrected chi connectivity index (χ0v) is 19.2. The molecule has 0 radical (unpaired) electrons. The van der Waals surface area contributed by atoms with Crippen LogP contribution in [0, 0.1) is 0 Å². The van der Waals surface area contributed by atoms with Crippen LogP contribution in [0.4, 0.5) is 0 Å². The largest absolute Gasteiger partial charge is 0.497 e. The second-order valence-corrected chi connectivity index (χ2v) is 7.46. The van der Waals surface area contributed by atoms with Crippen LogP contribution in [0.2, 0.25) is 0 Å². The van der Waals surface area contributed by atoms with Crippen LogP contribution in [0.25, 0.3) is 11.3 Å². The van der Waals surface area contributed by atoms with Crippen molar-refractivity contribution in [2.24, 2.45) is 0 Å². The number of nitrogens with one attached hydrogen (secondary N) is 1. The van der Waals surface area contributed by atoms with Crippen molar-refractivity contribution in [1.29, 1.82) is 0 Å². The summed E-state index contributed by atoms with van der Waals surface area (Å²) >= 11 is 0. The highest BCUT2D eigenvalue weighted by Gasteiger charge is 2.44. The first-order valence-electron chi connectivity index (χ1n) is 10.4. The summed E-state index contributed by atoms with van der Waals surface area (Å²) in [5, 5.41) is 7.44. The number of benzene rings is 2. The molecular weight excluding hydrogens is 426 g/mol. The predicted molar refractivity (Wildman–Crippen MR) is 121 cm³/mol. The molecule has 1 aromatic heterocycles. The first-order chi connectivity index (χ1) is 16.1. The molecule has 1 atom stereocenters. The Balaban J connectivity index is 1.90. The van der Waals surface area contributed by atoms with Crippen molar-refractivity contribution in [2.75, 3.05) is 42.1 Å². The number of fused-ring (bicyclic) bond motifs is 1. The van der Waals surface area contributed by atoms with Gasteiger partial charge in [0, 0.05) is 37.0 Å². The van der Waals surface area contributed by atoms with Crippen molar-refractivity contribution in [3.63, 3.8) is 0 Å². The highest BCUT2D eigenvalue weighted by atomic mass is 16.7. The fourth-order valence-corrected chi connectivity index (χ4v) is 4.15. The van der Waals surface area contributed by atoms with Gasteiger partial charge in [0.2, 0.25) is 0 Å². The Bertz CT molecular complexity index is 1140. The van der Waals surface area contributed by atoms with Crippen LogP contribution in [-0.2, 0) is 9.47 Å². The average molecular weight is 453 g/mol. The Hall–Kier alpha value is -3.56. The molecule has 1 aliphatic heterocycles. The summed E-state index contributed by atoms with van der Waals surface area (Å²) in [6.45, 7) is 0.214. The number of rotatable bonds is 9. The van der Waals surface area contributed by atoms with E-state index >= 15 is 0 Å². The minimum atomic E-state index is -0.599. The van der Waals surface area contributed by atoms with Gasteiger partial charge in [-0.2, -0.15) is 5.10 Å². The molecule has 1 aliphatic rings. The zero-order chi connectivity index (χ0) is 23.5. The van der Waals surface area contributed by atoms with E-state index in [0.29, 0.717) is 28.6 Å². The highest BCUT2D eigenvalue weighted by Crippen LogP contribution is 2.46. The van der Waals surface area contributed by atoms with E-state index in [1.807, 2.05) is 36.4 Å². The van der Waals surface area contributed by atoms with Crippen LogP contribution in [0.1, 0.15) is 27.7 Å². The molecule has 174 valence electrons. The highest BCUT2D eigenvalue weighted by molar-refractivity contribution is 6.00. The van der Waals surface area contributed by atoms with Gasteiger partial charge in [0.1, 0.15) is 22.9 Å². The number of H-pyrrole nitrogens is 1. The molecule has 0 fully saturated rings. The van der Waals surface area contributed by atoms with Crippen molar-refractivity contribution >= 4 is 5.91 Å². The Labute approximate surface area is 192 Å². The Kier molecular flexibility index (Phi) is 6.52. The van der Waals surface area contributed by atoms with Crippen molar-refractivity contribution in [3.8, 4) is 28.5 Å². The van der Waals surface area contributed by atoms with Gasteiger partial charge in [-0.25, -0.2) is 0 Å². The van der Waals surface area contributed by atoms with E-state index in [0.717, 1.165) is 16.7 Å². The molecule has 2 heterocycles. The van der Waals surface area contributed by atoms with Crippen molar-refractivity contribution in [2.45, 2.75) is 12.3 Å². The fourth-order valence-electron chi connectivity index (χ4n) is 4.15. The van der Waals surface area contributed by atoms with E-state index in [1.165, 1.54) is 0 Å². The average Bonchev–Trinajstić information content (AvgIpc) is 3.41. The lowest BCUT2D eigenvalue weighted by Gasteiger charge is -2.30. The number of aromatic amines is 1. The molecule has 33 heavy (non-hydrogen) atoms. The van der Waals surface area contributed by atoms with Crippen LogP contribution in [0.15, 0.2) is 42.5 Å². The van der Waals surface area contributed by atoms with Crippen molar-refractivity contribution < 1.29 is 28.5 Å². The normalized spacial score (nSPS) is 15.2. The molecule has 0 aliphatic carbocycles. The minimum Gasteiger partial charge on any atom is -0.497 e. The number of carbonyl (C=O) groups excluding carboxylic acids is 1. The predicted octanol–water partition coefficient (Wildman–Crippen LogP) is 3.27. The van der Waals surface area contributed by atoms with Gasteiger partial charge in [0.25, 0.3) is 5.91 Å². The summed E-state index contributed by atoms with van der Waals surface area (Å²) in [6, 6.07) is 12.6. The molecule has 0 bridgehead atoms. The monoisotopic (exact) mass is 453 g/mol. The molecular formula is C24H27N3O6. The zero-order valence-electron chi connectivity index (χ0n) is 19.2. The third-order valence-electron chi connectivity index (χ3n) is 5.81. The number of ether oxygens (including phenoxy) is 5. The van der Waals surface area contributed by atoms with Crippen molar-refractivity contribution in [1.82, 2.24) is 15.1 Å². The second-order valence-electron chi connectivity index (χ2n) is 7.46. The lowest BCUT2D eigenvalue weighted by atomic mass is 9.95. The number of carbonyl (C=O) groups is 1. The second kappa shape index (κ2) is 9.51. The Morgan fingerprint density at radius 1 is 0.970 bits per heavy atom. The number of hydrogen-bond donors (Lipinski definition) is 1. The SMILES string of the molecule is COc1cccc(-c2n[nH]c3c2C(c2ccc(OC)cc2OC)N(CC(OC)OC)C3=O)c1. The third kappa shape index (κ3) is 4.01.